The molecule has 1 saturated heterocycles. The van der Waals surface area contributed by atoms with Crippen LogP contribution in [0.4, 0.5) is 5.69 Å². The lowest BCUT2D eigenvalue weighted by atomic mass is 10.1. The van der Waals surface area contributed by atoms with Crippen LogP contribution < -0.4 is 4.90 Å². The number of aromatic nitrogens is 2. The summed E-state index contributed by atoms with van der Waals surface area (Å²) in [5.74, 6) is 0. The van der Waals surface area contributed by atoms with Crippen molar-refractivity contribution in [2.75, 3.05) is 31.1 Å². The summed E-state index contributed by atoms with van der Waals surface area (Å²) in [6.07, 6.45) is 0. The van der Waals surface area contributed by atoms with Gasteiger partial charge in [-0.2, -0.15) is 5.26 Å². The predicted octanol–water partition coefficient (Wildman–Crippen LogP) is 3.44. The first kappa shape index (κ1) is 17.4. The van der Waals surface area contributed by atoms with E-state index in [9.17, 15) is 5.26 Å². The highest BCUT2D eigenvalue weighted by Gasteiger charge is 2.23. The van der Waals surface area contributed by atoms with Crippen molar-refractivity contribution in [3.8, 4) is 6.07 Å². The van der Waals surface area contributed by atoms with Crippen molar-refractivity contribution < 1.29 is 0 Å². The van der Waals surface area contributed by atoms with Crippen LogP contribution >= 0.6 is 0 Å². The van der Waals surface area contributed by atoms with Gasteiger partial charge in [-0.1, -0.05) is 35.9 Å². The van der Waals surface area contributed by atoms with Crippen LogP contribution in [0.1, 0.15) is 22.4 Å². The SMILES string of the molecule is Cc1ccc2nnc(C#N)c(N3CCN(Cc4ccccc4C)CC3)c2c1. The Bertz CT molecular complexity index is 1010. The average molecular weight is 357 g/mol. The van der Waals surface area contributed by atoms with Gasteiger partial charge in [-0.15, -0.1) is 10.2 Å². The Labute approximate surface area is 159 Å². The van der Waals surface area contributed by atoms with Gasteiger partial charge in [-0.25, -0.2) is 0 Å². The average Bonchev–Trinajstić information content (AvgIpc) is 2.69. The maximum absolute atomic E-state index is 9.57. The van der Waals surface area contributed by atoms with Gasteiger partial charge >= 0.3 is 0 Å². The van der Waals surface area contributed by atoms with Crippen LogP contribution in [-0.2, 0) is 6.54 Å². The van der Waals surface area contributed by atoms with E-state index >= 15 is 0 Å². The number of anilines is 1. The van der Waals surface area contributed by atoms with Crippen LogP contribution in [0.2, 0.25) is 0 Å². The topological polar surface area (TPSA) is 56.1 Å². The van der Waals surface area contributed by atoms with E-state index in [1.165, 1.54) is 16.7 Å². The fourth-order valence-electron chi connectivity index (χ4n) is 3.76. The first-order valence-electron chi connectivity index (χ1n) is 9.34. The number of aryl methyl sites for hydroxylation is 2. The minimum atomic E-state index is 0.417. The van der Waals surface area contributed by atoms with E-state index in [0.717, 1.165) is 49.3 Å². The number of hydrogen-bond donors (Lipinski definition) is 0. The smallest absolute Gasteiger partial charge is 0.187 e. The van der Waals surface area contributed by atoms with Gasteiger partial charge in [0.15, 0.2) is 5.69 Å². The summed E-state index contributed by atoms with van der Waals surface area (Å²) in [6.45, 7) is 8.91. The quantitative estimate of drug-likeness (QED) is 0.719. The molecule has 0 atom stereocenters. The number of fused-ring (bicyclic) bond motifs is 1. The molecule has 0 amide bonds. The molecule has 5 nitrogen and oxygen atoms in total. The first-order chi connectivity index (χ1) is 13.2. The molecule has 4 rings (SSSR count). The molecule has 1 aliphatic rings. The normalized spacial score (nSPS) is 15.1. The standard InChI is InChI=1S/C22H23N5/c1-16-7-8-20-19(13-16)22(21(14-23)25-24-20)27-11-9-26(10-12-27)15-18-6-4-3-5-17(18)2/h3-8,13H,9-12,15H2,1-2H3. The van der Waals surface area contributed by atoms with Gasteiger partial charge in [0.1, 0.15) is 6.07 Å². The summed E-state index contributed by atoms with van der Waals surface area (Å²) in [4.78, 5) is 4.77. The third-order valence-electron chi connectivity index (χ3n) is 5.34. The molecule has 0 radical (unpaired) electrons. The molecule has 5 heteroatoms. The fraction of sp³-hybridized carbons (Fsp3) is 0.318. The number of hydrogen-bond acceptors (Lipinski definition) is 5. The summed E-state index contributed by atoms with van der Waals surface area (Å²) < 4.78 is 0. The van der Waals surface area contributed by atoms with Gasteiger partial charge in [0.25, 0.3) is 0 Å². The summed E-state index contributed by atoms with van der Waals surface area (Å²) in [5.41, 5.74) is 6.08. The monoisotopic (exact) mass is 357 g/mol. The van der Waals surface area contributed by atoms with Crippen LogP contribution in [0.5, 0.6) is 0 Å². The van der Waals surface area contributed by atoms with Crippen LogP contribution in [0.25, 0.3) is 10.9 Å². The second kappa shape index (κ2) is 7.34. The zero-order chi connectivity index (χ0) is 18.8. The molecule has 0 unspecified atom stereocenters. The molecule has 2 aromatic carbocycles. The molecule has 2 heterocycles. The molecular weight excluding hydrogens is 334 g/mol. The Morgan fingerprint density at radius 1 is 1.00 bits per heavy atom. The second-order valence-corrected chi connectivity index (χ2v) is 7.22. The Morgan fingerprint density at radius 3 is 2.52 bits per heavy atom. The van der Waals surface area contributed by atoms with Gasteiger partial charge in [0.05, 0.1) is 11.2 Å². The second-order valence-electron chi connectivity index (χ2n) is 7.22. The van der Waals surface area contributed by atoms with Crippen molar-refractivity contribution in [1.82, 2.24) is 15.1 Å². The first-order valence-corrected chi connectivity index (χ1v) is 9.34. The van der Waals surface area contributed by atoms with Crippen molar-refractivity contribution in [3.05, 3.63) is 64.8 Å². The maximum atomic E-state index is 9.57. The summed E-state index contributed by atoms with van der Waals surface area (Å²) >= 11 is 0. The molecular formula is C22H23N5. The Morgan fingerprint density at radius 2 is 1.78 bits per heavy atom. The minimum Gasteiger partial charge on any atom is -0.366 e. The zero-order valence-electron chi connectivity index (χ0n) is 15.8. The maximum Gasteiger partial charge on any atom is 0.187 e. The molecule has 1 aromatic heterocycles. The zero-order valence-corrected chi connectivity index (χ0v) is 15.8. The number of benzene rings is 2. The van der Waals surface area contributed by atoms with E-state index in [1.807, 2.05) is 12.1 Å². The highest BCUT2D eigenvalue weighted by Crippen LogP contribution is 2.29. The van der Waals surface area contributed by atoms with Gasteiger partial charge in [-0.05, 0) is 37.1 Å². The van der Waals surface area contributed by atoms with Gasteiger partial charge in [0.2, 0.25) is 0 Å². The molecule has 0 saturated carbocycles. The lowest BCUT2D eigenvalue weighted by Gasteiger charge is -2.36. The van der Waals surface area contributed by atoms with Crippen molar-refractivity contribution in [2.24, 2.45) is 0 Å². The highest BCUT2D eigenvalue weighted by atomic mass is 15.3. The highest BCUT2D eigenvalue weighted by molar-refractivity contribution is 5.94. The van der Waals surface area contributed by atoms with Gasteiger partial charge < -0.3 is 4.90 Å². The molecule has 0 N–H and O–H groups in total. The lowest BCUT2D eigenvalue weighted by molar-refractivity contribution is 0.249. The van der Waals surface area contributed by atoms with Crippen molar-refractivity contribution in [2.45, 2.75) is 20.4 Å². The number of piperazine rings is 1. The molecule has 1 aliphatic heterocycles. The third kappa shape index (κ3) is 3.49. The van der Waals surface area contributed by atoms with Crippen LogP contribution in [0, 0.1) is 25.2 Å². The Balaban J connectivity index is 1.57. The molecule has 136 valence electrons. The van der Waals surface area contributed by atoms with E-state index in [1.54, 1.807) is 0 Å². The molecule has 0 bridgehead atoms. The molecule has 1 fully saturated rings. The third-order valence-corrected chi connectivity index (χ3v) is 5.34. The molecule has 27 heavy (non-hydrogen) atoms. The minimum absolute atomic E-state index is 0.417. The number of nitriles is 1. The summed E-state index contributed by atoms with van der Waals surface area (Å²) in [5, 5.41) is 19.0. The fourth-order valence-corrected chi connectivity index (χ4v) is 3.76. The predicted molar refractivity (Wildman–Crippen MR) is 108 cm³/mol. The molecule has 3 aromatic rings. The van der Waals surface area contributed by atoms with Gasteiger partial charge in [0, 0.05) is 38.1 Å². The van der Waals surface area contributed by atoms with Crippen molar-refractivity contribution in [1.29, 1.82) is 5.26 Å². The largest absolute Gasteiger partial charge is 0.366 e. The Kier molecular flexibility index (Phi) is 4.74. The van der Waals surface area contributed by atoms with E-state index in [0.29, 0.717) is 5.69 Å². The van der Waals surface area contributed by atoms with E-state index < -0.39 is 0 Å². The van der Waals surface area contributed by atoms with Crippen LogP contribution in [0.3, 0.4) is 0 Å². The van der Waals surface area contributed by atoms with E-state index in [-0.39, 0.29) is 0 Å². The van der Waals surface area contributed by atoms with Gasteiger partial charge in [-0.3, -0.25) is 4.90 Å². The summed E-state index contributed by atoms with van der Waals surface area (Å²) in [7, 11) is 0. The van der Waals surface area contributed by atoms with E-state index in [4.69, 9.17) is 0 Å². The molecule has 0 aliphatic carbocycles. The Hall–Kier alpha value is -2.97. The van der Waals surface area contributed by atoms with Crippen molar-refractivity contribution in [3.63, 3.8) is 0 Å². The van der Waals surface area contributed by atoms with Crippen molar-refractivity contribution >= 4 is 16.6 Å². The number of nitrogens with zero attached hydrogens (tertiary/aromatic N) is 5. The van der Waals surface area contributed by atoms with E-state index in [2.05, 4.69) is 70.2 Å². The summed E-state index contributed by atoms with van der Waals surface area (Å²) in [6, 6.07) is 16.9. The van der Waals surface area contributed by atoms with Crippen LogP contribution in [0.15, 0.2) is 42.5 Å². The van der Waals surface area contributed by atoms with Crippen LogP contribution in [-0.4, -0.2) is 41.3 Å². The lowest BCUT2D eigenvalue weighted by Crippen LogP contribution is -2.46. The number of rotatable bonds is 3. The molecule has 0 spiro atoms.